The molecule has 4 nitrogen and oxygen atoms in total. The molecule has 0 spiro atoms. The van der Waals surface area contributed by atoms with E-state index >= 15 is 0 Å². The number of para-hydroxylation sites is 1. The molecule has 1 heterocycles. The molecule has 0 radical (unpaired) electrons. The highest BCUT2D eigenvalue weighted by molar-refractivity contribution is 5.94. The number of hydrogen-bond acceptors (Lipinski definition) is 2. The Morgan fingerprint density at radius 2 is 2.00 bits per heavy atom. The van der Waals surface area contributed by atoms with Gasteiger partial charge in [0, 0.05) is 12.2 Å². The number of aryl methyl sites for hydroxylation is 1. The molecule has 2 aromatic rings. The van der Waals surface area contributed by atoms with Crippen molar-refractivity contribution >= 4 is 11.7 Å². The fourth-order valence-electron chi connectivity index (χ4n) is 2.84. The van der Waals surface area contributed by atoms with E-state index in [-0.39, 0.29) is 6.03 Å². The normalized spacial score (nSPS) is 12.9. The van der Waals surface area contributed by atoms with Crippen molar-refractivity contribution in [3.8, 4) is 5.75 Å². The van der Waals surface area contributed by atoms with Gasteiger partial charge in [-0.3, -0.25) is 4.90 Å². The highest BCUT2D eigenvalue weighted by atomic mass is 16.5. The predicted octanol–water partition coefficient (Wildman–Crippen LogP) is 3.45. The summed E-state index contributed by atoms with van der Waals surface area (Å²) >= 11 is 0. The van der Waals surface area contributed by atoms with Crippen LogP contribution in [-0.2, 0) is 6.42 Å². The van der Waals surface area contributed by atoms with E-state index < -0.39 is 0 Å². The third-order valence-corrected chi connectivity index (χ3v) is 4.32. The molecule has 1 N–H and O–H groups in total. The Bertz CT molecular complexity index is 712. The van der Waals surface area contributed by atoms with Crippen LogP contribution in [-0.4, -0.2) is 25.7 Å². The van der Waals surface area contributed by atoms with Crippen molar-refractivity contribution < 1.29 is 9.53 Å². The van der Waals surface area contributed by atoms with Crippen LogP contribution in [0.4, 0.5) is 10.5 Å². The second-order valence-electron chi connectivity index (χ2n) is 5.81. The first-order chi connectivity index (χ1) is 11.2. The van der Waals surface area contributed by atoms with E-state index in [0.717, 1.165) is 30.0 Å². The number of benzene rings is 2. The standard InChI is InChI=1S/C19H22N2O2/c1-14-6-5-9-18(15(14)2)23-13-11-20-19(22)21-12-10-16-7-3-4-8-17(16)21/h3-9H,10-13H2,1-2H3,(H,20,22). The lowest BCUT2D eigenvalue weighted by Gasteiger charge is -2.18. The Morgan fingerprint density at radius 3 is 2.87 bits per heavy atom. The van der Waals surface area contributed by atoms with E-state index in [0.29, 0.717) is 13.2 Å². The zero-order valence-electron chi connectivity index (χ0n) is 13.6. The largest absolute Gasteiger partial charge is 0.491 e. The molecule has 0 aliphatic carbocycles. The van der Waals surface area contributed by atoms with Gasteiger partial charge in [0.2, 0.25) is 0 Å². The van der Waals surface area contributed by atoms with Crippen LogP contribution in [0, 0.1) is 13.8 Å². The van der Waals surface area contributed by atoms with E-state index in [2.05, 4.69) is 24.4 Å². The second-order valence-corrected chi connectivity index (χ2v) is 5.81. The van der Waals surface area contributed by atoms with Gasteiger partial charge in [-0.05, 0) is 49.1 Å². The van der Waals surface area contributed by atoms with Gasteiger partial charge in [-0.15, -0.1) is 0 Å². The molecular weight excluding hydrogens is 288 g/mol. The van der Waals surface area contributed by atoms with E-state index in [4.69, 9.17) is 4.74 Å². The lowest BCUT2D eigenvalue weighted by Crippen LogP contribution is -2.40. The number of carbonyl (C=O) groups excluding carboxylic acids is 1. The number of anilines is 1. The van der Waals surface area contributed by atoms with Crippen LogP contribution in [0.25, 0.3) is 0 Å². The summed E-state index contributed by atoms with van der Waals surface area (Å²) in [4.78, 5) is 14.1. The molecule has 1 aliphatic rings. The van der Waals surface area contributed by atoms with Crippen LogP contribution in [0.1, 0.15) is 16.7 Å². The molecule has 4 heteroatoms. The molecule has 0 unspecified atom stereocenters. The molecule has 1 aliphatic heterocycles. The Morgan fingerprint density at radius 1 is 1.17 bits per heavy atom. The monoisotopic (exact) mass is 310 g/mol. The summed E-state index contributed by atoms with van der Waals surface area (Å²) in [7, 11) is 0. The molecule has 2 amide bonds. The van der Waals surface area contributed by atoms with E-state index in [1.54, 1.807) is 4.90 Å². The van der Waals surface area contributed by atoms with Crippen molar-refractivity contribution in [2.45, 2.75) is 20.3 Å². The van der Waals surface area contributed by atoms with Gasteiger partial charge in [-0.1, -0.05) is 30.3 Å². The zero-order chi connectivity index (χ0) is 16.2. The summed E-state index contributed by atoms with van der Waals surface area (Å²) in [5.74, 6) is 0.880. The van der Waals surface area contributed by atoms with E-state index in [9.17, 15) is 4.79 Å². The van der Waals surface area contributed by atoms with Gasteiger partial charge in [0.1, 0.15) is 12.4 Å². The Labute approximate surface area is 137 Å². The van der Waals surface area contributed by atoms with Crippen molar-refractivity contribution in [3.63, 3.8) is 0 Å². The number of hydrogen-bond donors (Lipinski definition) is 1. The number of nitrogens with one attached hydrogen (secondary N) is 1. The minimum Gasteiger partial charge on any atom is -0.491 e. The summed E-state index contributed by atoms with van der Waals surface area (Å²) in [6.45, 7) is 5.80. The third kappa shape index (κ3) is 3.31. The van der Waals surface area contributed by atoms with Crippen molar-refractivity contribution in [2.75, 3.05) is 24.6 Å². The smallest absolute Gasteiger partial charge is 0.322 e. The van der Waals surface area contributed by atoms with Gasteiger partial charge in [-0.25, -0.2) is 4.79 Å². The van der Waals surface area contributed by atoms with Gasteiger partial charge in [0.05, 0.1) is 6.54 Å². The maximum atomic E-state index is 12.3. The van der Waals surface area contributed by atoms with Crippen LogP contribution < -0.4 is 15.0 Å². The molecule has 0 bridgehead atoms. The Kier molecular flexibility index (Phi) is 4.51. The summed E-state index contributed by atoms with van der Waals surface area (Å²) in [6, 6.07) is 14.0. The van der Waals surface area contributed by atoms with Crippen LogP contribution in [0.5, 0.6) is 5.75 Å². The SMILES string of the molecule is Cc1cccc(OCCNC(=O)N2CCc3ccccc32)c1C. The molecule has 0 saturated carbocycles. The maximum absolute atomic E-state index is 12.3. The number of ether oxygens (including phenoxy) is 1. The van der Waals surface area contributed by atoms with E-state index in [1.807, 2.05) is 37.3 Å². The summed E-state index contributed by atoms with van der Waals surface area (Å²) in [6.07, 6.45) is 0.919. The van der Waals surface area contributed by atoms with Crippen molar-refractivity contribution in [1.82, 2.24) is 5.32 Å². The quantitative estimate of drug-likeness (QED) is 0.879. The molecule has 0 saturated heterocycles. The minimum absolute atomic E-state index is 0.0560. The van der Waals surface area contributed by atoms with Gasteiger partial charge in [0.15, 0.2) is 0 Å². The molecule has 23 heavy (non-hydrogen) atoms. The number of amides is 2. The maximum Gasteiger partial charge on any atom is 0.322 e. The first kappa shape index (κ1) is 15.4. The molecule has 0 fully saturated rings. The van der Waals surface area contributed by atoms with Crippen molar-refractivity contribution in [1.29, 1.82) is 0 Å². The van der Waals surface area contributed by atoms with Crippen LogP contribution in [0.15, 0.2) is 42.5 Å². The average molecular weight is 310 g/mol. The summed E-state index contributed by atoms with van der Waals surface area (Å²) in [5.41, 5.74) is 4.60. The van der Waals surface area contributed by atoms with Gasteiger partial charge >= 0.3 is 6.03 Å². The average Bonchev–Trinajstić information content (AvgIpc) is 2.99. The van der Waals surface area contributed by atoms with Crippen LogP contribution in [0.2, 0.25) is 0 Å². The highest BCUT2D eigenvalue weighted by Crippen LogP contribution is 2.27. The van der Waals surface area contributed by atoms with Crippen molar-refractivity contribution in [3.05, 3.63) is 59.2 Å². The van der Waals surface area contributed by atoms with Crippen LogP contribution >= 0.6 is 0 Å². The first-order valence-electron chi connectivity index (χ1n) is 7.99. The molecule has 2 aromatic carbocycles. The first-order valence-corrected chi connectivity index (χ1v) is 7.99. The molecule has 0 atom stereocenters. The summed E-state index contributed by atoms with van der Waals surface area (Å²) < 4.78 is 5.77. The minimum atomic E-state index is -0.0560. The van der Waals surface area contributed by atoms with Gasteiger partial charge < -0.3 is 10.1 Å². The second kappa shape index (κ2) is 6.73. The lowest BCUT2D eigenvalue weighted by atomic mass is 10.1. The van der Waals surface area contributed by atoms with Gasteiger partial charge in [-0.2, -0.15) is 0 Å². The Balaban J connectivity index is 1.50. The van der Waals surface area contributed by atoms with Crippen LogP contribution in [0.3, 0.4) is 0 Å². The van der Waals surface area contributed by atoms with Crippen molar-refractivity contribution in [2.24, 2.45) is 0 Å². The number of rotatable bonds is 4. The fourth-order valence-corrected chi connectivity index (χ4v) is 2.84. The topological polar surface area (TPSA) is 41.6 Å². The fraction of sp³-hybridized carbons (Fsp3) is 0.316. The number of nitrogens with zero attached hydrogens (tertiary/aromatic N) is 1. The lowest BCUT2D eigenvalue weighted by molar-refractivity contribution is 0.242. The Hall–Kier alpha value is -2.49. The number of carbonyl (C=O) groups is 1. The summed E-state index contributed by atoms with van der Waals surface area (Å²) in [5, 5.41) is 2.93. The molecule has 0 aromatic heterocycles. The van der Waals surface area contributed by atoms with E-state index in [1.165, 1.54) is 11.1 Å². The molecule has 120 valence electrons. The highest BCUT2D eigenvalue weighted by Gasteiger charge is 2.23. The van der Waals surface area contributed by atoms with Gasteiger partial charge in [0.25, 0.3) is 0 Å². The molecular formula is C19H22N2O2. The number of urea groups is 1. The molecule has 3 rings (SSSR count). The predicted molar refractivity (Wildman–Crippen MR) is 92.3 cm³/mol. The third-order valence-electron chi connectivity index (χ3n) is 4.32. The zero-order valence-corrected chi connectivity index (χ0v) is 13.6. The number of fused-ring (bicyclic) bond motifs is 1.